The van der Waals surface area contributed by atoms with E-state index in [1.807, 2.05) is 0 Å². The van der Waals surface area contributed by atoms with Crippen molar-refractivity contribution in [3.8, 4) is 0 Å². The van der Waals surface area contributed by atoms with Crippen LogP contribution in [0.1, 0.15) is 29.4 Å². The predicted octanol–water partition coefficient (Wildman–Crippen LogP) is 0.736. The minimum absolute atomic E-state index is 0.0231. The summed E-state index contributed by atoms with van der Waals surface area (Å²) in [7, 11) is -3.69. The molecule has 2 N–H and O–H groups in total. The number of nitrogens with zero attached hydrogens (tertiary/aromatic N) is 1. The van der Waals surface area contributed by atoms with Crippen molar-refractivity contribution in [3.05, 3.63) is 16.3 Å². The van der Waals surface area contributed by atoms with Gasteiger partial charge in [0.05, 0.1) is 0 Å². The summed E-state index contributed by atoms with van der Waals surface area (Å²) in [5.74, 6) is -1.86. The Balaban J connectivity index is 2.26. The fourth-order valence-electron chi connectivity index (χ4n) is 2.06. The van der Waals surface area contributed by atoms with Crippen LogP contribution >= 0.6 is 11.3 Å². The predicted molar refractivity (Wildman–Crippen MR) is 76.9 cm³/mol. The molecule has 9 heteroatoms. The number of carbonyl (C=O) groups is 2. The van der Waals surface area contributed by atoms with Crippen LogP contribution in [0.25, 0.3) is 0 Å². The molecular formula is C12H16N2O5S2. The lowest BCUT2D eigenvalue weighted by atomic mass is 10.3. The van der Waals surface area contributed by atoms with Gasteiger partial charge in [0.1, 0.15) is 15.8 Å². The lowest BCUT2D eigenvalue weighted by Gasteiger charge is -2.16. The lowest BCUT2D eigenvalue weighted by Crippen LogP contribution is -2.39. The average Bonchev–Trinajstić information content (AvgIpc) is 3.10. The highest BCUT2D eigenvalue weighted by molar-refractivity contribution is 7.89. The van der Waals surface area contributed by atoms with E-state index in [0.717, 1.165) is 24.2 Å². The number of sulfonamides is 1. The van der Waals surface area contributed by atoms with E-state index in [1.165, 1.54) is 22.7 Å². The third-order valence-electron chi connectivity index (χ3n) is 3.24. The van der Waals surface area contributed by atoms with Gasteiger partial charge in [-0.25, -0.2) is 8.42 Å². The molecule has 0 spiro atoms. The van der Waals surface area contributed by atoms with Gasteiger partial charge in [0.2, 0.25) is 10.0 Å². The Hall–Kier alpha value is -1.45. The van der Waals surface area contributed by atoms with Crippen molar-refractivity contribution < 1.29 is 23.1 Å². The van der Waals surface area contributed by atoms with Crippen LogP contribution in [0.2, 0.25) is 0 Å². The van der Waals surface area contributed by atoms with Crippen molar-refractivity contribution in [3.63, 3.8) is 0 Å². The Morgan fingerprint density at radius 3 is 2.57 bits per heavy atom. The third kappa shape index (κ3) is 3.25. The summed E-state index contributed by atoms with van der Waals surface area (Å²) in [6.45, 7) is 2.22. The minimum atomic E-state index is -3.69. The molecule has 0 radical (unpaired) electrons. The molecule has 7 nitrogen and oxygen atoms in total. The van der Waals surface area contributed by atoms with Gasteiger partial charge in [0, 0.05) is 13.1 Å². The fraction of sp³-hybridized carbons (Fsp3) is 0.500. The van der Waals surface area contributed by atoms with E-state index in [9.17, 15) is 18.0 Å². The molecule has 1 aromatic rings. The molecule has 1 fully saturated rings. The van der Waals surface area contributed by atoms with Crippen LogP contribution in [0.5, 0.6) is 0 Å². The summed E-state index contributed by atoms with van der Waals surface area (Å²) >= 11 is 0.986. The second-order valence-electron chi connectivity index (χ2n) is 4.76. The van der Waals surface area contributed by atoms with E-state index < -0.39 is 27.9 Å². The Morgan fingerprint density at radius 1 is 1.38 bits per heavy atom. The molecule has 0 unspecified atom stereocenters. The Labute approximate surface area is 126 Å². The Kier molecular flexibility index (Phi) is 4.64. The van der Waals surface area contributed by atoms with Crippen molar-refractivity contribution in [2.75, 3.05) is 13.1 Å². The normalized spacial score (nSPS) is 17.6. The first-order valence-corrected chi connectivity index (χ1v) is 8.77. The SMILES string of the molecule is C[C@H](NC(=O)c1sccc1S(=O)(=O)N1CCCC1)C(=O)O. The van der Waals surface area contributed by atoms with Gasteiger partial charge in [-0.1, -0.05) is 0 Å². The van der Waals surface area contributed by atoms with E-state index >= 15 is 0 Å². The summed E-state index contributed by atoms with van der Waals surface area (Å²) in [6, 6.07) is 0.306. The van der Waals surface area contributed by atoms with Gasteiger partial charge >= 0.3 is 5.97 Å². The monoisotopic (exact) mass is 332 g/mol. The van der Waals surface area contributed by atoms with Crippen molar-refractivity contribution in [1.82, 2.24) is 9.62 Å². The van der Waals surface area contributed by atoms with Crippen LogP contribution in [-0.4, -0.2) is 48.8 Å². The quantitative estimate of drug-likeness (QED) is 0.827. The van der Waals surface area contributed by atoms with Crippen molar-refractivity contribution >= 4 is 33.2 Å². The van der Waals surface area contributed by atoms with E-state index in [-0.39, 0.29) is 9.77 Å². The van der Waals surface area contributed by atoms with Crippen LogP contribution in [-0.2, 0) is 14.8 Å². The first-order valence-electron chi connectivity index (χ1n) is 6.45. The number of rotatable bonds is 5. The van der Waals surface area contributed by atoms with Gasteiger partial charge in [-0.05, 0) is 31.2 Å². The molecule has 1 aliphatic rings. The summed E-state index contributed by atoms with van der Waals surface area (Å²) in [5.41, 5.74) is 0. The Bertz CT molecular complexity index is 646. The van der Waals surface area contributed by atoms with Crippen molar-refractivity contribution in [1.29, 1.82) is 0 Å². The topological polar surface area (TPSA) is 104 Å². The van der Waals surface area contributed by atoms with E-state index in [2.05, 4.69) is 5.32 Å². The first kappa shape index (κ1) is 15.9. The number of hydrogen-bond acceptors (Lipinski definition) is 5. The van der Waals surface area contributed by atoms with Gasteiger partial charge in [-0.3, -0.25) is 9.59 Å². The van der Waals surface area contributed by atoms with Crippen LogP contribution in [0.4, 0.5) is 0 Å². The maximum Gasteiger partial charge on any atom is 0.325 e. The smallest absolute Gasteiger partial charge is 0.325 e. The molecule has 1 aliphatic heterocycles. The average molecular weight is 332 g/mol. The summed E-state index contributed by atoms with van der Waals surface area (Å²) in [4.78, 5) is 22.8. The number of carboxylic acid groups (broad SMARTS) is 1. The number of hydrogen-bond donors (Lipinski definition) is 2. The molecule has 0 saturated carbocycles. The summed E-state index contributed by atoms with van der Waals surface area (Å²) < 4.78 is 26.3. The molecule has 0 bridgehead atoms. The number of thiophene rings is 1. The van der Waals surface area contributed by atoms with E-state index in [4.69, 9.17) is 5.11 Å². The van der Waals surface area contributed by atoms with Gasteiger partial charge in [-0.15, -0.1) is 11.3 Å². The second-order valence-corrected chi connectivity index (χ2v) is 7.58. The number of aliphatic carboxylic acids is 1. The van der Waals surface area contributed by atoms with E-state index in [0.29, 0.717) is 13.1 Å². The minimum Gasteiger partial charge on any atom is -0.480 e. The number of carbonyl (C=O) groups excluding carboxylic acids is 1. The van der Waals surface area contributed by atoms with Crippen molar-refractivity contribution in [2.45, 2.75) is 30.7 Å². The van der Waals surface area contributed by atoms with E-state index in [1.54, 1.807) is 0 Å². The highest BCUT2D eigenvalue weighted by Crippen LogP contribution is 2.27. The maximum absolute atomic E-state index is 12.5. The summed E-state index contributed by atoms with van der Waals surface area (Å²) in [5, 5.41) is 12.6. The molecule has 1 saturated heterocycles. The Morgan fingerprint density at radius 2 is 2.00 bits per heavy atom. The second kappa shape index (κ2) is 6.12. The van der Waals surface area contributed by atoms with Crippen LogP contribution in [0.15, 0.2) is 16.3 Å². The molecule has 1 atom stereocenters. The molecule has 2 heterocycles. The zero-order chi connectivity index (χ0) is 15.6. The molecule has 0 aromatic carbocycles. The summed E-state index contributed by atoms with van der Waals surface area (Å²) in [6.07, 6.45) is 1.61. The standard InChI is InChI=1S/C12H16N2O5S2/c1-8(12(16)17)13-11(15)10-9(4-7-20-10)21(18,19)14-5-2-3-6-14/h4,7-8H,2-3,5-6H2,1H3,(H,13,15)(H,16,17)/t8-/m0/s1. The molecule has 21 heavy (non-hydrogen) atoms. The van der Waals surface area contributed by atoms with Gasteiger partial charge < -0.3 is 10.4 Å². The zero-order valence-corrected chi connectivity index (χ0v) is 13.0. The maximum atomic E-state index is 12.5. The van der Waals surface area contributed by atoms with Gasteiger partial charge in [-0.2, -0.15) is 4.31 Å². The first-order chi connectivity index (χ1) is 9.84. The molecule has 1 aromatic heterocycles. The molecule has 1 amide bonds. The number of nitrogens with one attached hydrogen (secondary N) is 1. The molecule has 116 valence electrons. The molecule has 2 rings (SSSR count). The molecular weight excluding hydrogens is 316 g/mol. The van der Waals surface area contributed by atoms with Crippen LogP contribution in [0, 0.1) is 0 Å². The van der Waals surface area contributed by atoms with Crippen LogP contribution in [0.3, 0.4) is 0 Å². The fourth-order valence-corrected chi connectivity index (χ4v) is 4.88. The zero-order valence-electron chi connectivity index (χ0n) is 11.4. The van der Waals surface area contributed by atoms with Gasteiger partial charge in [0.15, 0.2) is 0 Å². The third-order valence-corrected chi connectivity index (χ3v) is 6.22. The molecule has 0 aliphatic carbocycles. The van der Waals surface area contributed by atoms with Gasteiger partial charge in [0.25, 0.3) is 5.91 Å². The van der Waals surface area contributed by atoms with Crippen LogP contribution < -0.4 is 5.32 Å². The van der Waals surface area contributed by atoms with Crippen molar-refractivity contribution in [2.24, 2.45) is 0 Å². The largest absolute Gasteiger partial charge is 0.480 e. The lowest BCUT2D eigenvalue weighted by molar-refractivity contribution is -0.138. The highest BCUT2D eigenvalue weighted by Gasteiger charge is 2.32. The number of amides is 1. The highest BCUT2D eigenvalue weighted by atomic mass is 32.2. The number of carboxylic acids is 1.